The summed E-state index contributed by atoms with van der Waals surface area (Å²) in [6.45, 7) is 0. The second-order valence-electron chi connectivity index (χ2n) is 13.9. The highest BCUT2D eigenvalue weighted by Crippen LogP contribution is 2.39. The minimum atomic E-state index is 1.15. The lowest BCUT2D eigenvalue weighted by molar-refractivity contribution is 1.18. The molecule has 0 atom stereocenters. The van der Waals surface area contributed by atoms with Crippen LogP contribution in [0.25, 0.3) is 104 Å². The molecule has 0 aliphatic carbocycles. The molecule has 0 fully saturated rings. The van der Waals surface area contributed by atoms with Gasteiger partial charge in [0.05, 0.1) is 11.0 Å². The minimum absolute atomic E-state index is 1.15. The first kappa shape index (κ1) is 28.9. The summed E-state index contributed by atoms with van der Waals surface area (Å²) in [5.41, 5.74) is 13.2. The Balaban J connectivity index is 1.07. The molecule has 0 saturated heterocycles. The van der Waals surface area contributed by atoms with E-state index < -0.39 is 0 Å². The molecule has 0 amide bonds. The molecule has 2 heteroatoms. The van der Waals surface area contributed by atoms with Gasteiger partial charge >= 0.3 is 0 Å². The maximum atomic E-state index is 3.56. The number of hydrogen-bond donors (Lipinski definition) is 1. The summed E-state index contributed by atoms with van der Waals surface area (Å²) in [6.07, 6.45) is 0. The van der Waals surface area contributed by atoms with Crippen molar-refractivity contribution < 1.29 is 0 Å². The van der Waals surface area contributed by atoms with E-state index in [0.717, 1.165) is 11.2 Å². The molecular formula is C50H32N2. The van der Waals surface area contributed by atoms with Crippen LogP contribution in [0.5, 0.6) is 0 Å². The van der Waals surface area contributed by atoms with Crippen LogP contribution in [-0.2, 0) is 0 Å². The predicted octanol–water partition coefficient (Wildman–Crippen LogP) is 13.7. The van der Waals surface area contributed by atoms with E-state index >= 15 is 0 Å². The summed E-state index contributed by atoms with van der Waals surface area (Å²) in [7, 11) is 0. The molecule has 1 N–H and O–H groups in total. The monoisotopic (exact) mass is 660 g/mol. The van der Waals surface area contributed by atoms with Gasteiger partial charge in [0.2, 0.25) is 0 Å². The smallest absolute Gasteiger partial charge is 0.0541 e. The van der Waals surface area contributed by atoms with Gasteiger partial charge in [-0.25, -0.2) is 0 Å². The van der Waals surface area contributed by atoms with E-state index in [1.165, 1.54) is 93.0 Å². The van der Waals surface area contributed by atoms with Gasteiger partial charge in [0.25, 0.3) is 0 Å². The standard InChI is InChI=1S/C50H32N2/c1-3-9-35-27-37(15-13-32(35)7-1)40-20-25-49-45(30-40)46-31-41(38-16-14-33-8-2-4-10-36(33)28-38)21-26-50(46)52(49)42-22-17-34(18-23-42)39-19-24-48-44(29-39)43-11-5-6-12-47(43)51-48/h1-31,51H. The van der Waals surface area contributed by atoms with Gasteiger partial charge in [-0.3, -0.25) is 0 Å². The van der Waals surface area contributed by atoms with Crippen molar-refractivity contribution in [3.8, 4) is 39.1 Å². The summed E-state index contributed by atoms with van der Waals surface area (Å²) < 4.78 is 2.42. The highest BCUT2D eigenvalue weighted by atomic mass is 15.0. The first-order chi connectivity index (χ1) is 25.7. The molecular weight excluding hydrogens is 629 g/mol. The molecule has 242 valence electrons. The predicted molar refractivity (Wildman–Crippen MR) is 221 cm³/mol. The maximum Gasteiger partial charge on any atom is 0.0541 e. The zero-order valence-corrected chi connectivity index (χ0v) is 28.3. The van der Waals surface area contributed by atoms with Crippen LogP contribution >= 0.6 is 0 Å². The zero-order valence-electron chi connectivity index (χ0n) is 28.3. The van der Waals surface area contributed by atoms with Crippen LogP contribution in [0, 0.1) is 0 Å². The zero-order chi connectivity index (χ0) is 34.2. The van der Waals surface area contributed by atoms with E-state index in [9.17, 15) is 0 Å². The Morgan fingerprint density at radius 1 is 0.288 bits per heavy atom. The van der Waals surface area contributed by atoms with Gasteiger partial charge in [0.1, 0.15) is 0 Å². The van der Waals surface area contributed by atoms with Crippen molar-refractivity contribution >= 4 is 65.2 Å². The number of para-hydroxylation sites is 1. The molecule has 0 unspecified atom stereocenters. The molecule has 2 heterocycles. The van der Waals surface area contributed by atoms with E-state index in [1.54, 1.807) is 0 Å². The molecule has 9 aromatic carbocycles. The average molecular weight is 661 g/mol. The second-order valence-corrected chi connectivity index (χ2v) is 13.9. The summed E-state index contributed by atoms with van der Waals surface area (Å²) >= 11 is 0. The molecule has 2 nitrogen and oxygen atoms in total. The van der Waals surface area contributed by atoms with Crippen LogP contribution < -0.4 is 0 Å². The van der Waals surface area contributed by atoms with Crippen molar-refractivity contribution in [3.63, 3.8) is 0 Å². The van der Waals surface area contributed by atoms with E-state index in [2.05, 4.69) is 198 Å². The Morgan fingerprint density at radius 2 is 0.731 bits per heavy atom. The van der Waals surface area contributed by atoms with Crippen molar-refractivity contribution in [1.29, 1.82) is 0 Å². The Labute approximate surface area is 300 Å². The Morgan fingerprint density at radius 3 is 1.37 bits per heavy atom. The SMILES string of the molecule is c1ccc2cc(-c3ccc4c(c3)c3cc(-c5ccc6ccccc6c5)ccc3n4-c3ccc(-c4ccc5[nH]c6ccccc6c5c4)cc3)ccc2c1. The highest BCUT2D eigenvalue weighted by Gasteiger charge is 2.16. The fraction of sp³-hybridized carbons (Fsp3) is 0. The molecule has 0 bridgehead atoms. The fourth-order valence-corrected chi connectivity index (χ4v) is 8.23. The normalized spacial score (nSPS) is 11.8. The van der Waals surface area contributed by atoms with Crippen LogP contribution in [0.3, 0.4) is 0 Å². The van der Waals surface area contributed by atoms with Gasteiger partial charge < -0.3 is 9.55 Å². The second kappa shape index (κ2) is 11.3. The Hall–Kier alpha value is -6.90. The van der Waals surface area contributed by atoms with Crippen LogP contribution in [0.4, 0.5) is 0 Å². The topological polar surface area (TPSA) is 20.7 Å². The number of fused-ring (bicyclic) bond motifs is 8. The molecule has 11 rings (SSSR count). The fourth-order valence-electron chi connectivity index (χ4n) is 8.23. The number of aromatic nitrogens is 2. The van der Waals surface area contributed by atoms with E-state index in [1.807, 2.05) is 0 Å². The van der Waals surface area contributed by atoms with Crippen molar-refractivity contribution in [3.05, 3.63) is 188 Å². The van der Waals surface area contributed by atoms with Crippen molar-refractivity contribution in [2.75, 3.05) is 0 Å². The summed E-state index contributed by atoms with van der Waals surface area (Å²) in [4.78, 5) is 3.56. The third kappa shape index (κ3) is 4.58. The largest absolute Gasteiger partial charge is 0.355 e. The van der Waals surface area contributed by atoms with Gasteiger partial charge in [-0.1, -0.05) is 121 Å². The van der Waals surface area contributed by atoms with Crippen molar-refractivity contribution in [2.45, 2.75) is 0 Å². The number of hydrogen-bond acceptors (Lipinski definition) is 0. The van der Waals surface area contributed by atoms with Crippen molar-refractivity contribution in [2.24, 2.45) is 0 Å². The summed E-state index contributed by atoms with van der Waals surface area (Å²) in [6, 6.07) is 69.0. The number of H-pyrrole nitrogens is 1. The number of rotatable bonds is 4. The van der Waals surface area contributed by atoms with E-state index in [0.29, 0.717) is 0 Å². The van der Waals surface area contributed by atoms with Crippen molar-refractivity contribution in [1.82, 2.24) is 9.55 Å². The molecule has 0 aliphatic heterocycles. The molecule has 52 heavy (non-hydrogen) atoms. The summed E-state index contributed by atoms with van der Waals surface area (Å²) in [5, 5.41) is 10.0. The summed E-state index contributed by atoms with van der Waals surface area (Å²) in [5.74, 6) is 0. The number of benzene rings is 9. The molecule has 0 saturated carbocycles. The maximum absolute atomic E-state index is 3.56. The van der Waals surface area contributed by atoms with Gasteiger partial charge in [-0.05, 0) is 122 Å². The number of aromatic amines is 1. The van der Waals surface area contributed by atoms with Crippen LogP contribution in [-0.4, -0.2) is 9.55 Å². The highest BCUT2D eigenvalue weighted by molar-refractivity contribution is 6.12. The number of nitrogens with zero attached hydrogens (tertiary/aromatic N) is 1. The Bertz CT molecular complexity index is 3040. The van der Waals surface area contributed by atoms with E-state index in [-0.39, 0.29) is 0 Å². The lowest BCUT2D eigenvalue weighted by atomic mass is 9.98. The first-order valence-corrected chi connectivity index (χ1v) is 17.9. The quantitative estimate of drug-likeness (QED) is 0.194. The first-order valence-electron chi connectivity index (χ1n) is 17.9. The lowest BCUT2D eigenvalue weighted by Crippen LogP contribution is -1.94. The third-order valence-corrected chi connectivity index (χ3v) is 10.9. The lowest BCUT2D eigenvalue weighted by Gasteiger charge is -2.11. The average Bonchev–Trinajstić information content (AvgIpc) is 3.75. The molecule has 2 aromatic heterocycles. The molecule has 0 spiro atoms. The van der Waals surface area contributed by atoms with Gasteiger partial charge in [-0.2, -0.15) is 0 Å². The van der Waals surface area contributed by atoms with E-state index in [4.69, 9.17) is 0 Å². The van der Waals surface area contributed by atoms with Crippen LogP contribution in [0.15, 0.2) is 188 Å². The van der Waals surface area contributed by atoms with Gasteiger partial charge in [-0.15, -0.1) is 0 Å². The molecule has 0 radical (unpaired) electrons. The molecule has 11 aromatic rings. The van der Waals surface area contributed by atoms with Gasteiger partial charge in [0.15, 0.2) is 0 Å². The van der Waals surface area contributed by atoms with Gasteiger partial charge in [0, 0.05) is 38.3 Å². The minimum Gasteiger partial charge on any atom is -0.355 e. The third-order valence-electron chi connectivity index (χ3n) is 10.9. The number of nitrogens with one attached hydrogen (secondary N) is 1. The van der Waals surface area contributed by atoms with Crippen LogP contribution in [0.2, 0.25) is 0 Å². The molecule has 0 aliphatic rings. The Kier molecular flexibility index (Phi) is 6.28. The van der Waals surface area contributed by atoms with Crippen LogP contribution in [0.1, 0.15) is 0 Å².